The fourth-order valence-electron chi connectivity index (χ4n) is 0. The zero-order valence-electron chi connectivity index (χ0n) is 5.60. The van der Waals surface area contributed by atoms with Crippen molar-refractivity contribution in [3.63, 3.8) is 0 Å². The molecule has 1 N–H and O–H groups in total. The van der Waals surface area contributed by atoms with Gasteiger partial charge < -0.3 is 21.5 Å². The first-order valence-electron chi connectivity index (χ1n) is 1.53. The van der Waals surface area contributed by atoms with Crippen molar-refractivity contribution in [1.82, 2.24) is 0 Å². The number of hydrogen-bond donors (Lipinski definition) is 1. The van der Waals surface area contributed by atoms with Gasteiger partial charge >= 0.3 is 40.7 Å². The van der Waals surface area contributed by atoms with Crippen molar-refractivity contribution >= 4 is 5.97 Å². The number of aliphatic carboxylic acids is 1. The summed E-state index contributed by atoms with van der Waals surface area (Å²) in [5, 5.41) is 7.89. The first-order chi connectivity index (χ1) is 2.64. The third-order valence-corrected chi connectivity index (χ3v) is 0.365. The van der Waals surface area contributed by atoms with Crippen molar-refractivity contribution in [3.8, 4) is 0 Å². The van der Waals surface area contributed by atoms with Crippen LogP contribution in [0.25, 0.3) is 0 Å². The van der Waals surface area contributed by atoms with Gasteiger partial charge in [-0.25, -0.2) is 4.79 Å². The summed E-state index contributed by atoms with van der Waals surface area (Å²) in [7, 11) is 0. The van der Waals surface area contributed by atoms with E-state index in [1.54, 1.807) is 0 Å². The molecule has 0 aromatic heterocycles. The monoisotopic (exact) mass is 238 g/mol. The van der Waals surface area contributed by atoms with Crippen LogP contribution in [-0.2, 0) is 55.9 Å². The molecule has 0 saturated heterocycles. The van der Waals surface area contributed by atoms with Crippen LogP contribution in [0.2, 0.25) is 0 Å². The van der Waals surface area contributed by atoms with E-state index in [4.69, 9.17) is 5.11 Å². The number of rotatable bonds is 1. The van der Waals surface area contributed by atoms with E-state index in [1.165, 1.54) is 6.92 Å². The van der Waals surface area contributed by atoms with Gasteiger partial charge in [0.1, 0.15) is 0 Å². The summed E-state index contributed by atoms with van der Waals surface area (Å²) in [5.74, 6) is -0.935. The topological polar surface area (TPSA) is 123 Å². The molecule has 0 saturated carbocycles. The van der Waals surface area contributed by atoms with E-state index in [2.05, 4.69) is 6.58 Å². The molecule has 0 aromatic carbocycles. The van der Waals surface area contributed by atoms with E-state index in [1.807, 2.05) is 0 Å². The van der Waals surface area contributed by atoms with Gasteiger partial charge in [0, 0.05) is 5.57 Å². The maximum Gasteiger partial charge on any atom is 3.00 e. The number of carboxylic acids is 1. The van der Waals surface area contributed by atoms with Crippen molar-refractivity contribution in [1.29, 1.82) is 0 Å². The molecule has 0 aromatic rings. The van der Waals surface area contributed by atoms with Gasteiger partial charge in [-0.2, -0.15) is 0 Å². The summed E-state index contributed by atoms with van der Waals surface area (Å²) in [6.45, 7) is 4.60. The normalized spacial score (nSPS) is 4.09. The molecule has 0 fully saturated rings. The van der Waals surface area contributed by atoms with Crippen LogP contribution in [0.3, 0.4) is 0 Å². The fraction of sp³-hybridized carbons (Fsp3) is 0.250. The zero-order chi connectivity index (χ0) is 5.15. The van der Waals surface area contributed by atoms with Crippen LogP contribution in [0.5, 0.6) is 0 Å². The molecule has 0 atom stereocenters. The van der Waals surface area contributed by atoms with Gasteiger partial charge in [0.05, 0.1) is 0 Å². The minimum atomic E-state index is -0.935. The summed E-state index contributed by atoms with van der Waals surface area (Å²) >= 11 is 0. The van der Waals surface area contributed by atoms with E-state index in [0.717, 1.165) is 0 Å². The zero-order valence-corrected chi connectivity index (χ0v) is 8.15. The first-order valence-corrected chi connectivity index (χ1v) is 1.53. The van der Waals surface area contributed by atoms with E-state index < -0.39 is 5.97 Å². The molecular formula is C4H6Cr2O5. The van der Waals surface area contributed by atoms with E-state index in [0.29, 0.717) is 0 Å². The standard InChI is InChI=1S/C4H6O2.2Cr.3O/c1-3(2)4(5)6;;;;;/h1H2,2H3,(H,5,6);;;;;/q;2*+3;3*-2. The predicted octanol–water partition coefficient (Wildman–Crippen LogP) is 0.286. The first kappa shape index (κ1) is 43.3. The number of carboxylic acid groups (broad SMARTS) is 1. The summed E-state index contributed by atoms with van der Waals surface area (Å²) < 4.78 is 0. The molecule has 5 nitrogen and oxygen atoms in total. The van der Waals surface area contributed by atoms with Crippen LogP contribution in [0, 0.1) is 0 Å². The van der Waals surface area contributed by atoms with Crippen molar-refractivity contribution in [2.24, 2.45) is 0 Å². The molecule has 0 heterocycles. The Morgan fingerprint density at radius 3 is 1.27 bits per heavy atom. The quantitative estimate of drug-likeness (QED) is 0.659. The maximum atomic E-state index is 9.60. The van der Waals surface area contributed by atoms with Crippen LogP contribution in [0.1, 0.15) is 6.92 Å². The van der Waals surface area contributed by atoms with Crippen molar-refractivity contribution in [2.75, 3.05) is 0 Å². The molecule has 0 amide bonds. The molecule has 7 heteroatoms. The van der Waals surface area contributed by atoms with Crippen LogP contribution in [0.15, 0.2) is 12.2 Å². The Hall–Kier alpha value is 0.155. The molecular weight excluding hydrogens is 232 g/mol. The van der Waals surface area contributed by atoms with Crippen LogP contribution in [0.4, 0.5) is 0 Å². The van der Waals surface area contributed by atoms with Gasteiger partial charge in [0.25, 0.3) is 0 Å². The fourth-order valence-corrected chi connectivity index (χ4v) is 0. The van der Waals surface area contributed by atoms with Gasteiger partial charge in [-0.3, -0.25) is 0 Å². The summed E-state index contributed by atoms with van der Waals surface area (Å²) in [5.41, 5.74) is 0.176. The van der Waals surface area contributed by atoms with Crippen LogP contribution >= 0.6 is 0 Å². The largest absolute Gasteiger partial charge is 3.00 e. The Balaban J connectivity index is -0.0000000125. The SMILES string of the molecule is C=C(C)C(=O)O.[Cr+3].[Cr+3].[O-2].[O-2].[O-2]. The Labute approximate surface area is 86.3 Å². The van der Waals surface area contributed by atoms with E-state index in [9.17, 15) is 4.79 Å². The second kappa shape index (κ2) is 22.5. The molecule has 64 valence electrons. The molecule has 0 bridgehead atoms. The van der Waals surface area contributed by atoms with Gasteiger partial charge in [-0.05, 0) is 6.92 Å². The summed E-state index contributed by atoms with van der Waals surface area (Å²) in [4.78, 5) is 9.60. The third kappa shape index (κ3) is 39.1. The van der Waals surface area contributed by atoms with Crippen LogP contribution in [-0.4, -0.2) is 11.1 Å². The third-order valence-electron chi connectivity index (χ3n) is 0.365. The van der Waals surface area contributed by atoms with E-state index in [-0.39, 0.29) is 56.7 Å². The number of hydrogen-bond acceptors (Lipinski definition) is 1. The Morgan fingerprint density at radius 1 is 1.18 bits per heavy atom. The second-order valence-corrected chi connectivity index (χ2v) is 1.09. The molecule has 0 aliphatic carbocycles. The molecule has 11 heavy (non-hydrogen) atoms. The van der Waals surface area contributed by atoms with Gasteiger partial charge in [0.2, 0.25) is 0 Å². The molecule has 0 unspecified atom stereocenters. The molecule has 2 radical (unpaired) electrons. The Morgan fingerprint density at radius 2 is 1.27 bits per heavy atom. The van der Waals surface area contributed by atoms with Crippen molar-refractivity contribution in [2.45, 2.75) is 6.92 Å². The van der Waals surface area contributed by atoms with Crippen molar-refractivity contribution in [3.05, 3.63) is 12.2 Å². The summed E-state index contributed by atoms with van der Waals surface area (Å²) in [6, 6.07) is 0. The maximum absolute atomic E-state index is 9.60. The van der Waals surface area contributed by atoms with Gasteiger partial charge in [-0.15, -0.1) is 0 Å². The van der Waals surface area contributed by atoms with Gasteiger partial charge in [0.15, 0.2) is 0 Å². The molecule has 0 aliphatic rings. The Kier molecular flexibility index (Phi) is 88.4. The van der Waals surface area contributed by atoms with Crippen LogP contribution < -0.4 is 0 Å². The average molecular weight is 238 g/mol. The van der Waals surface area contributed by atoms with Gasteiger partial charge in [-0.1, -0.05) is 6.58 Å². The molecule has 0 rings (SSSR count). The average Bonchev–Trinajstić information content (AvgIpc) is 1.36. The minimum Gasteiger partial charge on any atom is -2.00 e. The smallest absolute Gasteiger partial charge is 2.00 e. The van der Waals surface area contributed by atoms with E-state index >= 15 is 0 Å². The minimum absolute atomic E-state index is 0. The molecule has 0 spiro atoms. The second-order valence-electron chi connectivity index (χ2n) is 1.09. The summed E-state index contributed by atoms with van der Waals surface area (Å²) in [6.07, 6.45) is 0. The number of carbonyl (C=O) groups is 1. The molecule has 0 aliphatic heterocycles. The Bertz CT molecular complexity index is 82.5. The van der Waals surface area contributed by atoms with Crippen molar-refractivity contribution < 1.29 is 61.1 Å². The predicted molar refractivity (Wildman–Crippen MR) is 24.5 cm³/mol.